The normalized spacial score (nSPS) is 35.7. The molecule has 1 N–H and O–H groups in total. The Balaban J connectivity index is 1.65. The van der Waals surface area contributed by atoms with Crippen molar-refractivity contribution in [1.82, 2.24) is 15.2 Å². The zero-order chi connectivity index (χ0) is 12.1. The van der Waals surface area contributed by atoms with Crippen molar-refractivity contribution in [2.75, 3.05) is 26.8 Å². The van der Waals surface area contributed by atoms with Crippen LogP contribution in [0, 0.1) is 0 Å². The highest BCUT2D eigenvalue weighted by Gasteiger charge is 2.40. The molecular weight excluding hydrogens is 246 g/mol. The van der Waals surface area contributed by atoms with Crippen LogP contribution in [-0.2, 0) is 11.2 Å². The van der Waals surface area contributed by atoms with Crippen LogP contribution < -0.4 is 5.32 Å². The second-order valence-electron chi connectivity index (χ2n) is 5.56. The maximum Gasteiger partial charge on any atom is 0.113 e. The third kappa shape index (κ3) is 1.65. The summed E-state index contributed by atoms with van der Waals surface area (Å²) in [6.07, 6.45) is 3.79. The molecule has 2 saturated heterocycles. The first kappa shape index (κ1) is 11.3. The molecule has 1 aromatic rings. The molecule has 98 valence electrons. The van der Waals surface area contributed by atoms with Crippen LogP contribution in [-0.4, -0.2) is 42.7 Å². The molecule has 2 fully saturated rings. The molecule has 3 unspecified atom stereocenters. The van der Waals surface area contributed by atoms with Crippen LogP contribution in [0.1, 0.15) is 40.5 Å². The van der Waals surface area contributed by atoms with Gasteiger partial charge in [0.05, 0.1) is 24.9 Å². The van der Waals surface area contributed by atoms with Gasteiger partial charge >= 0.3 is 0 Å². The van der Waals surface area contributed by atoms with E-state index in [9.17, 15) is 0 Å². The quantitative estimate of drug-likeness (QED) is 0.835. The number of hydrogen-bond acceptors (Lipinski definition) is 5. The highest BCUT2D eigenvalue weighted by Crippen LogP contribution is 2.45. The van der Waals surface area contributed by atoms with Crippen molar-refractivity contribution in [1.29, 1.82) is 0 Å². The van der Waals surface area contributed by atoms with Gasteiger partial charge in [-0.1, -0.05) is 0 Å². The van der Waals surface area contributed by atoms with E-state index in [0.29, 0.717) is 12.1 Å². The number of nitrogens with one attached hydrogen (secondary N) is 1. The molecule has 0 saturated carbocycles. The summed E-state index contributed by atoms with van der Waals surface area (Å²) in [5.41, 5.74) is 1.37. The van der Waals surface area contributed by atoms with Gasteiger partial charge in [-0.2, -0.15) is 0 Å². The van der Waals surface area contributed by atoms with Crippen LogP contribution in [0.2, 0.25) is 0 Å². The number of fused-ring (bicyclic) bond motifs is 4. The Kier molecular flexibility index (Phi) is 2.69. The van der Waals surface area contributed by atoms with Gasteiger partial charge in [0.2, 0.25) is 0 Å². The molecule has 4 rings (SSSR count). The Labute approximate surface area is 111 Å². The Morgan fingerprint density at radius 3 is 3.22 bits per heavy atom. The van der Waals surface area contributed by atoms with Gasteiger partial charge in [0.25, 0.3) is 0 Å². The molecule has 0 radical (unpaired) electrons. The first-order chi connectivity index (χ1) is 8.83. The van der Waals surface area contributed by atoms with E-state index in [1.165, 1.54) is 28.4 Å². The highest BCUT2D eigenvalue weighted by molar-refractivity contribution is 7.12. The Morgan fingerprint density at radius 2 is 2.39 bits per heavy atom. The van der Waals surface area contributed by atoms with E-state index in [2.05, 4.69) is 17.3 Å². The molecule has 4 nitrogen and oxygen atoms in total. The van der Waals surface area contributed by atoms with Crippen LogP contribution in [0.15, 0.2) is 0 Å². The van der Waals surface area contributed by atoms with Crippen molar-refractivity contribution in [3.63, 3.8) is 0 Å². The molecule has 1 aromatic heterocycles. The fourth-order valence-corrected chi connectivity index (χ4v) is 4.80. The fourth-order valence-electron chi connectivity index (χ4n) is 3.46. The lowest BCUT2D eigenvalue weighted by molar-refractivity contribution is 0.0767. The third-order valence-corrected chi connectivity index (χ3v) is 5.85. The molecule has 0 spiro atoms. The van der Waals surface area contributed by atoms with Gasteiger partial charge in [0.1, 0.15) is 5.01 Å². The molecule has 0 aromatic carbocycles. The Bertz CT molecular complexity index is 455. The predicted octanol–water partition coefficient (Wildman–Crippen LogP) is 1.50. The van der Waals surface area contributed by atoms with Crippen LogP contribution in [0.3, 0.4) is 0 Å². The van der Waals surface area contributed by atoms with E-state index in [1.54, 1.807) is 0 Å². The van der Waals surface area contributed by atoms with Crippen molar-refractivity contribution in [2.24, 2.45) is 0 Å². The average molecular weight is 265 g/mol. The molecule has 0 amide bonds. The zero-order valence-corrected chi connectivity index (χ0v) is 11.5. The van der Waals surface area contributed by atoms with E-state index >= 15 is 0 Å². The van der Waals surface area contributed by atoms with Crippen LogP contribution in [0.25, 0.3) is 0 Å². The summed E-state index contributed by atoms with van der Waals surface area (Å²) in [5.74, 6) is 0. The van der Waals surface area contributed by atoms with Gasteiger partial charge in [-0.25, -0.2) is 4.98 Å². The summed E-state index contributed by atoms with van der Waals surface area (Å²) in [6, 6.07) is 1.68. The Hall–Kier alpha value is -0.490. The topological polar surface area (TPSA) is 37.4 Å². The van der Waals surface area contributed by atoms with E-state index in [4.69, 9.17) is 9.72 Å². The largest absolute Gasteiger partial charge is 0.378 e. The molecule has 3 atom stereocenters. The van der Waals surface area contributed by atoms with Crippen LogP contribution in [0.4, 0.5) is 0 Å². The number of likely N-dealkylation sites (N-methyl/N-ethyl adjacent to an activating group) is 1. The molecule has 3 aliphatic heterocycles. The zero-order valence-electron chi connectivity index (χ0n) is 10.7. The minimum Gasteiger partial charge on any atom is -0.378 e. The number of nitrogens with zero attached hydrogens (tertiary/aromatic N) is 2. The minimum atomic E-state index is 0.318. The second kappa shape index (κ2) is 4.27. The predicted molar refractivity (Wildman–Crippen MR) is 70.9 cm³/mol. The SMILES string of the molecule is CN1C2CCC1c1sc(C3COCCN3)nc1C2. The number of thiazole rings is 1. The van der Waals surface area contributed by atoms with Gasteiger partial charge in [-0.15, -0.1) is 11.3 Å². The van der Waals surface area contributed by atoms with Crippen molar-refractivity contribution in [3.8, 4) is 0 Å². The van der Waals surface area contributed by atoms with E-state index in [-0.39, 0.29) is 0 Å². The summed E-state index contributed by atoms with van der Waals surface area (Å²) < 4.78 is 5.55. The van der Waals surface area contributed by atoms with Gasteiger partial charge in [-0.05, 0) is 19.9 Å². The van der Waals surface area contributed by atoms with Crippen molar-refractivity contribution in [2.45, 2.75) is 37.4 Å². The minimum absolute atomic E-state index is 0.318. The summed E-state index contributed by atoms with van der Waals surface area (Å²) in [4.78, 5) is 8.97. The maximum absolute atomic E-state index is 5.55. The standard InChI is InChI=1S/C13H19N3OS/c1-16-8-2-3-11(16)12-9(6-8)15-13(18-12)10-7-17-5-4-14-10/h8,10-11,14H,2-7H2,1H3. The molecule has 4 heterocycles. The summed E-state index contributed by atoms with van der Waals surface area (Å²) >= 11 is 1.91. The number of ether oxygens (including phenoxy) is 1. The highest BCUT2D eigenvalue weighted by atomic mass is 32.1. The molecule has 18 heavy (non-hydrogen) atoms. The summed E-state index contributed by atoms with van der Waals surface area (Å²) in [5, 5.41) is 4.75. The van der Waals surface area contributed by atoms with Gasteiger partial charge in [-0.3, -0.25) is 4.90 Å². The number of morpholine rings is 1. The first-order valence-corrected chi connectivity index (χ1v) is 7.67. The number of aromatic nitrogens is 1. The van der Waals surface area contributed by atoms with Crippen molar-refractivity contribution in [3.05, 3.63) is 15.6 Å². The molecule has 2 bridgehead atoms. The number of rotatable bonds is 1. The van der Waals surface area contributed by atoms with Gasteiger partial charge < -0.3 is 10.1 Å². The van der Waals surface area contributed by atoms with E-state index in [1.807, 2.05) is 11.3 Å². The smallest absolute Gasteiger partial charge is 0.113 e. The fraction of sp³-hybridized carbons (Fsp3) is 0.769. The lowest BCUT2D eigenvalue weighted by Crippen LogP contribution is -2.34. The molecule has 0 aliphatic carbocycles. The van der Waals surface area contributed by atoms with Gasteiger partial charge in [0.15, 0.2) is 0 Å². The van der Waals surface area contributed by atoms with Crippen molar-refractivity contribution < 1.29 is 4.74 Å². The maximum atomic E-state index is 5.55. The van der Waals surface area contributed by atoms with Gasteiger partial charge in [0, 0.05) is 29.9 Å². The number of hydrogen-bond donors (Lipinski definition) is 1. The van der Waals surface area contributed by atoms with E-state index < -0.39 is 0 Å². The van der Waals surface area contributed by atoms with E-state index in [0.717, 1.165) is 32.2 Å². The second-order valence-corrected chi connectivity index (χ2v) is 6.62. The van der Waals surface area contributed by atoms with Crippen LogP contribution >= 0.6 is 11.3 Å². The average Bonchev–Trinajstić information content (AvgIpc) is 2.93. The third-order valence-electron chi connectivity index (χ3n) is 4.54. The Morgan fingerprint density at radius 1 is 1.44 bits per heavy atom. The summed E-state index contributed by atoms with van der Waals surface area (Å²) in [6.45, 7) is 2.55. The monoisotopic (exact) mass is 265 g/mol. The van der Waals surface area contributed by atoms with Crippen molar-refractivity contribution >= 4 is 11.3 Å². The molecule has 5 heteroatoms. The lowest BCUT2D eigenvalue weighted by atomic mass is 10.1. The lowest BCUT2D eigenvalue weighted by Gasteiger charge is -2.29. The van der Waals surface area contributed by atoms with Crippen LogP contribution in [0.5, 0.6) is 0 Å². The first-order valence-electron chi connectivity index (χ1n) is 6.85. The molecular formula is C13H19N3OS. The summed E-state index contributed by atoms with van der Waals surface area (Å²) in [7, 11) is 2.27. The molecule has 3 aliphatic rings.